The molecule has 19 heteroatoms. The Labute approximate surface area is 664 Å². The summed E-state index contributed by atoms with van der Waals surface area (Å²) in [4.78, 5) is 73.0. The molecule has 0 aromatic heterocycles. The fraction of sp³-hybridized carbons (Fsp3) is 0.560. The molecule has 0 rings (SSSR count). The van der Waals surface area contributed by atoms with Crippen molar-refractivity contribution in [3.05, 3.63) is 219 Å². The summed E-state index contributed by atoms with van der Waals surface area (Å²) in [5.41, 5.74) is 0. The number of hydrogen-bond acceptors (Lipinski definition) is 15. The first-order valence-electron chi connectivity index (χ1n) is 41.0. The van der Waals surface area contributed by atoms with Crippen LogP contribution in [0.5, 0.6) is 0 Å². The number of phosphoric ester groups is 2. The van der Waals surface area contributed by atoms with Gasteiger partial charge in [0.1, 0.15) is 19.3 Å². The first-order valence-corrected chi connectivity index (χ1v) is 44.0. The zero-order chi connectivity index (χ0) is 80.3. The van der Waals surface area contributed by atoms with Crippen LogP contribution in [0.4, 0.5) is 0 Å². The molecule has 0 aromatic rings. The Balaban J connectivity index is 5.59. The van der Waals surface area contributed by atoms with Gasteiger partial charge in [-0.15, -0.1) is 0 Å². The molecular formula is C91H142O17P2. The van der Waals surface area contributed by atoms with Crippen LogP contribution < -0.4 is 0 Å². The Bertz CT molecular complexity index is 2950. The van der Waals surface area contributed by atoms with Crippen molar-refractivity contribution in [2.75, 3.05) is 39.6 Å². The van der Waals surface area contributed by atoms with Crippen molar-refractivity contribution in [1.29, 1.82) is 0 Å². The summed E-state index contributed by atoms with van der Waals surface area (Å²) in [7, 11) is -10.1. The summed E-state index contributed by atoms with van der Waals surface area (Å²) in [5.74, 6) is -2.51. The van der Waals surface area contributed by atoms with Crippen LogP contribution in [0.25, 0.3) is 0 Å². The van der Waals surface area contributed by atoms with Crippen LogP contribution >= 0.6 is 15.6 Å². The first kappa shape index (κ1) is 103. The molecule has 0 saturated carbocycles. The maximum Gasteiger partial charge on any atom is 0.472 e. The van der Waals surface area contributed by atoms with Crippen LogP contribution in [-0.4, -0.2) is 96.7 Å². The molecule has 0 spiro atoms. The monoisotopic (exact) mass is 1570 g/mol. The van der Waals surface area contributed by atoms with Gasteiger partial charge in [-0.05, 0) is 167 Å². The molecule has 0 fully saturated rings. The fourth-order valence-electron chi connectivity index (χ4n) is 9.78. The lowest BCUT2D eigenvalue weighted by molar-refractivity contribution is -0.161. The third kappa shape index (κ3) is 79.5. The standard InChI is InChI=1S/C91H142O17P2/c1-5-9-13-17-21-25-29-33-36-39-42-45-48-52-55-59-63-67-71-75-88(93)101-81-86(107-90(95)77-73-69-65-61-57-51-32-28-24-20-16-12-8-4)83-105-109(97,98)103-79-85(92)80-104-110(99,100)106-84-87(108-91(96)78-74-70-66-62-58-54-50-47-44-41-38-35-31-27-23-19-15-11-7-3)82-102-89(94)76-72-68-64-60-56-53-49-46-43-40-37-34-30-26-22-18-14-10-6-2/h9-10,13-14,21-23,25-28,32-38,42-47,52-56,58,63-64,66-68,70,85-87,92H,5-8,11-12,15-20,24,29-31,39-41,48-51,57,59-62,65,69,71-84H2,1-4H3,(H,97,98)(H,99,100)/b13-9-,14-10-,25-21-,26-22-,27-23-,32-28-,36-33-,37-34-,38-35-,45-42-,46-43-,47-44-,55-52-,56-53-,58-54-,67-63-,68-64-,70-66-/t85-,86+,87+/m0/s1. The Hall–Kier alpha value is -6.62. The van der Waals surface area contributed by atoms with E-state index in [-0.39, 0.29) is 25.7 Å². The highest BCUT2D eigenvalue weighted by atomic mass is 31.2. The second kappa shape index (κ2) is 80.4. The van der Waals surface area contributed by atoms with E-state index in [1.165, 1.54) is 44.9 Å². The normalized spacial score (nSPS) is 14.9. The lowest BCUT2D eigenvalue weighted by Gasteiger charge is -2.21. The predicted molar refractivity (Wildman–Crippen MR) is 454 cm³/mol. The number of allylic oxidation sites excluding steroid dienone is 36. The minimum Gasteiger partial charge on any atom is -0.462 e. The van der Waals surface area contributed by atoms with E-state index < -0.39 is 97.5 Å². The Morgan fingerprint density at radius 1 is 0.264 bits per heavy atom. The summed E-state index contributed by atoms with van der Waals surface area (Å²) < 4.78 is 68.4. The molecule has 5 atom stereocenters. The molecule has 0 bridgehead atoms. The third-order valence-electron chi connectivity index (χ3n) is 15.9. The first-order chi connectivity index (χ1) is 53.7. The van der Waals surface area contributed by atoms with Crippen molar-refractivity contribution in [3.8, 4) is 0 Å². The minimum atomic E-state index is -5.03. The van der Waals surface area contributed by atoms with E-state index in [2.05, 4.69) is 192 Å². The van der Waals surface area contributed by atoms with Gasteiger partial charge in [-0.25, -0.2) is 9.13 Å². The summed E-state index contributed by atoms with van der Waals surface area (Å²) in [5, 5.41) is 10.7. The van der Waals surface area contributed by atoms with Gasteiger partial charge >= 0.3 is 39.5 Å². The van der Waals surface area contributed by atoms with Gasteiger partial charge in [0.25, 0.3) is 0 Å². The molecule has 0 aromatic carbocycles. The summed E-state index contributed by atoms with van der Waals surface area (Å²) in [6, 6.07) is 0. The van der Waals surface area contributed by atoms with E-state index in [0.717, 1.165) is 128 Å². The van der Waals surface area contributed by atoms with Gasteiger partial charge < -0.3 is 33.8 Å². The number of phosphoric acid groups is 2. The zero-order valence-electron chi connectivity index (χ0n) is 67.6. The van der Waals surface area contributed by atoms with Crippen molar-refractivity contribution in [2.45, 2.75) is 290 Å². The van der Waals surface area contributed by atoms with E-state index in [0.29, 0.717) is 44.9 Å². The molecule has 0 heterocycles. The number of hydrogen-bond donors (Lipinski definition) is 3. The Kier molecular flexibility index (Phi) is 75.6. The maximum absolute atomic E-state index is 13.1. The van der Waals surface area contributed by atoms with Gasteiger partial charge in [0.15, 0.2) is 12.2 Å². The van der Waals surface area contributed by atoms with E-state index in [1.807, 2.05) is 54.7 Å². The SMILES string of the molecule is CC/C=C\C/C=C\C/C=C\C/C=C\C/C=C\C/C=C\CCC(=O)OC[C@H](COP(=O)(O)OC[C@@H](O)COP(=O)(O)OC[C@@H](COC(=O)CC/C=C\C/C=C\C/C=C\C/C=C\C/C=C\C/C=C\CC)OC(=O)CCCCCCC/C=C\CCCCCC)OC(=O)CC/C=C\C/C=C\C/C=C\C/C=C\C/C=C\CCCCC. The van der Waals surface area contributed by atoms with Gasteiger partial charge in [-0.3, -0.25) is 37.3 Å². The molecule has 3 N–H and O–H groups in total. The molecule has 0 radical (unpaired) electrons. The molecule has 2 unspecified atom stereocenters. The van der Waals surface area contributed by atoms with Crippen molar-refractivity contribution in [3.63, 3.8) is 0 Å². The summed E-state index contributed by atoms with van der Waals surface area (Å²) in [6.45, 7) is 4.30. The number of aliphatic hydroxyl groups excluding tert-OH is 1. The third-order valence-corrected chi connectivity index (χ3v) is 17.8. The van der Waals surface area contributed by atoms with Gasteiger partial charge in [0.05, 0.1) is 26.4 Å². The molecule has 0 aliphatic rings. The summed E-state index contributed by atoms with van der Waals surface area (Å²) in [6.07, 6.45) is 102. The highest BCUT2D eigenvalue weighted by molar-refractivity contribution is 7.47. The van der Waals surface area contributed by atoms with Gasteiger partial charge in [-0.2, -0.15) is 0 Å². The van der Waals surface area contributed by atoms with Crippen LogP contribution in [0.1, 0.15) is 272 Å². The smallest absolute Gasteiger partial charge is 0.462 e. The quantitative estimate of drug-likeness (QED) is 0.0169. The number of aliphatic hydroxyl groups is 1. The van der Waals surface area contributed by atoms with Crippen LogP contribution in [0, 0.1) is 0 Å². The van der Waals surface area contributed by atoms with E-state index >= 15 is 0 Å². The Morgan fingerprint density at radius 2 is 0.491 bits per heavy atom. The average molecular weight is 1570 g/mol. The van der Waals surface area contributed by atoms with Crippen molar-refractivity contribution >= 4 is 39.5 Å². The molecular weight excluding hydrogens is 1430 g/mol. The zero-order valence-corrected chi connectivity index (χ0v) is 69.4. The number of unbranched alkanes of at least 4 members (excludes halogenated alkanes) is 12. The second-order valence-electron chi connectivity index (χ2n) is 26.2. The molecule has 0 saturated heterocycles. The lowest BCUT2D eigenvalue weighted by Crippen LogP contribution is -2.30. The summed E-state index contributed by atoms with van der Waals surface area (Å²) >= 11 is 0. The van der Waals surface area contributed by atoms with Crippen molar-refractivity contribution in [1.82, 2.24) is 0 Å². The largest absolute Gasteiger partial charge is 0.472 e. The highest BCUT2D eigenvalue weighted by Gasteiger charge is 2.30. The number of carbonyl (C=O) groups excluding carboxylic acids is 4. The van der Waals surface area contributed by atoms with Crippen LogP contribution in [0.15, 0.2) is 219 Å². The fourth-order valence-corrected chi connectivity index (χ4v) is 11.4. The lowest BCUT2D eigenvalue weighted by atomic mass is 10.1. The number of esters is 4. The predicted octanol–water partition coefficient (Wildman–Crippen LogP) is 24.4. The molecule has 0 aliphatic carbocycles. The van der Waals surface area contributed by atoms with Gasteiger partial charge in [0.2, 0.25) is 0 Å². The second-order valence-corrected chi connectivity index (χ2v) is 29.1. The number of carbonyl (C=O) groups is 4. The molecule has 0 amide bonds. The number of rotatable bonds is 74. The average Bonchev–Trinajstić information content (AvgIpc) is 0.900. The maximum atomic E-state index is 13.1. The van der Waals surface area contributed by atoms with E-state index in [4.69, 9.17) is 37.0 Å². The van der Waals surface area contributed by atoms with Crippen molar-refractivity contribution in [2.24, 2.45) is 0 Å². The molecule has 17 nitrogen and oxygen atoms in total. The molecule has 0 aliphatic heterocycles. The van der Waals surface area contributed by atoms with Crippen LogP contribution in [0.2, 0.25) is 0 Å². The highest BCUT2D eigenvalue weighted by Crippen LogP contribution is 2.45. The van der Waals surface area contributed by atoms with Crippen LogP contribution in [-0.2, 0) is 65.4 Å². The van der Waals surface area contributed by atoms with Crippen molar-refractivity contribution < 1.29 is 80.2 Å². The van der Waals surface area contributed by atoms with E-state index in [1.54, 1.807) is 0 Å². The topological polar surface area (TPSA) is 237 Å². The van der Waals surface area contributed by atoms with Gasteiger partial charge in [-0.1, -0.05) is 298 Å². The van der Waals surface area contributed by atoms with E-state index in [9.17, 15) is 43.2 Å². The van der Waals surface area contributed by atoms with Crippen LogP contribution in [0.3, 0.4) is 0 Å². The molecule has 618 valence electrons. The van der Waals surface area contributed by atoms with Gasteiger partial charge in [0, 0.05) is 25.7 Å². The molecule has 110 heavy (non-hydrogen) atoms. The number of ether oxygens (including phenoxy) is 4. The minimum absolute atomic E-state index is 0.00975. The Morgan fingerprint density at radius 3 is 0.809 bits per heavy atom.